The summed E-state index contributed by atoms with van der Waals surface area (Å²) in [7, 11) is 1.81. The van der Waals surface area contributed by atoms with E-state index in [1.54, 1.807) is 17.2 Å². The highest BCUT2D eigenvalue weighted by Crippen LogP contribution is 2.23. The second-order valence-electron chi connectivity index (χ2n) is 6.44. The molecule has 2 heterocycles. The van der Waals surface area contributed by atoms with Gasteiger partial charge in [-0.25, -0.2) is 0 Å². The van der Waals surface area contributed by atoms with Crippen LogP contribution in [-0.4, -0.2) is 41.8 Å². The van der Waals surface area contributed by atoms with Gasteiger partial charge in [-0.3, -0.25) is 14.6 Å². The summed E-state index contributed by atoms with van der Waals surface area (Å²) in [5, 5.41) is 0. The van der Waals surface area contributed by atoms with Crippen molar-refractivity contribution in [2.45, 2.75) is 19.8 Å². The van der Waals surface area contributed by atoms with Gasteiger partial charge in [-0.15, -0.1) is 0 Å². The molecule has 2 aromatic rings. The molecule has 130 valence electrons. The van der Waals surface area contributed by atoms with Crippen molar-refractivity contribution < 1.29 is 9.59 Å². The number of anilines is 1. The maximum Gasteiger partial charge on any atom is 0.255 e. The minimum atomic E-state index is -0.0377. The number of carbonyl (C=O) groups excluding carboxylic acids is 2. The Hall–Kier alpha value is -2.69. The Balaban J connectivity index is 1.61. The lowest BCUT2D eigenvalue weighted by atomic mass is 9.94. The monoisotopic (exact) mass is 337 g/mol. The van der Waals surface area contributed by atoms with Crippen LogP contribution in [0.1, 0.15) is 28.9 Å². The molecule has 25 heavy (non-hydrogen) atoms. The van der Waals surface area contributed by atoms with Crippen molar-refractivity contribution in [2.24, 2.45) is 5.92 Å². The number of nitrogens with zero attached hydrogens (tertiary/aromatic N) is 3. The molecule has 0 bridgehead atoms. The second-order valence-corrected chi connectivity index (χ2v) is 6.44. The summed E-state index contributed by atoms with van der Waals surface area (Å²) in [4.78, 5) is 33.1. The van der Waals surface area contributed by atoms with Crippen LogP contribution in [0.2, 0.25) is 0 Å². The fraction of sp³-hybridized carbons (Fsp3) is 0.350. The van der Waals surface area contributed by atoms with Crippen molar-refractivity contribution in [3.05, 3.63) is 59.9 Å². The summed E-state index contributed by atoms with van der Waals surface area (Å²) >= 11 is 0. The SMILES string of the molecule is Cc1ncccc1C(=O)N1CCC(C(=O)N(C)c2ccccc2)CC1. The first-order valence-corrected chi connectivity index (χ1v) is 8.61. The third kappa shape index (κ3) is 3.71. The first-order chi connectivity index (χ1) is 12.1. The van der Waals surface area contributed by atoms with E-state index >= 15 is 0 Å². The zero-order valence-corrected chi connectivity index (χ0v) is 14.7. The van der Waals surface area contributed by atoms with Crippen molar-refractivity contribution in [3.63, 3.8) is 0 Å². The van der Waals surface area contributed by atoms with E-state index in [0.29, 0.717) is 31.5 Å². The summed E-state index contributed by atoms with van der Waals surface area (Å²) in [5.41, 5.74) is 2.29. The maximum atomic E-state index is 12.7. The number of aromatic nitrogens is 1. The summed E-state index contributed by atoms with van der Waals surface area (Å²) in [6.07, 6.45) is 3.08. The van der Waals surface area contributed by atoms with Gasteiger partial charge in [0.05, 0.1) is 5.56 Å². The van der Waals surface area contributed by atoms with Crippen LogP contribution in [0, 0.1) is 12.8 Å². The summed E-state index contributed by atoms with van der Waals surface area (Å²) in [6, 6.07) is 13.2. The van der Waals surface area contributed by atoms with Crippen LogP contribution >= 0.6 is 0 Å². The van der Waals surface area contributed by atoms with Crippen LogP contribution in [-0.2, 0) is 4.79 Å². The number of carbonyl (C=O) groups is 2. The average molecular weight is 337 g/mol. The van der Waals surface area contributed by atoms with Crippen LogP contribution in [0.15, 0.2) is 48.7 Å². The topological polar surface area (TPSA) is 53.5 Å². The Morgan fingerprint density at radius 3 is 2.40 bits per heavy atom. The third-order valence-corrected chi connectivity index (χ3v) is 4.84. The molecule has 0 unspecified atom stereocenters. The molecule has 1 aromatic carbocycles. The molecule has 0 aliphatic carbocycles. The van der Waals surface area contributed by atoms with Gasteiger partial charge in [-0.1, -0.05) is 18.2 Å². The zero-order chi connectivity index (χ0) is 17.8. The van der Waals surface area contributed by atoms with Crippen molar-refractivity contribution in [1.29, 1.82) is 0 Å². The minimum absolute atomic E-state index is 0.00733. The van der Waals surface area contributed by atoms with E-state index < -0.39 is 0 Å². The number of aryl methyl sites for hydroxylation is 1. The predicted octanol–water partition coefficient (Wildman–Crippen LogP) is 2.91. The molecule has 3 rings (SSSR count). The first-order valence-electron chi connectivity index (χ1n) is 8.61. The molecule has 1 aromatic heterocycles. The molecule has 5 heteroatoms. The number of hydrogen-bond donors (Lipinski definition) is 0. The van der Waals surface area contributed by atoms with Gasteiger partial charge in [0, 0.05) is 43.6 Å². The largest absolute Gasteiger partial charge is 0.339 e. The number of piperidine rings is 1. The fourth-order valence-corrected chi connectivity index (χ4v) is 3.26. The van der Waals surface area contributed by atoms with Crippen molar-refractivity contribution in [3.8, 4) is 0 Å². The van der Waals surface area contributed by atoms with E-state index in [0.717, 1.165) is 11.4 Å². The molecule has 0 saturated carbocycles. The highest BCUT2D eigenvalue weighted by atomic mass is 16.2. The molecule has 0 atom stereocenters. The average Bonchev–Trinajstić information content (AvgIpc) is 2.67. The number of amides is 2. The quantitative estimate of drug-likeness (QED) is 0.865. The molecule has 2 amide bonds. The summed E-state index contributed by atoms with van der Waals surface area (Å²) in [5.74, 6) is 0.0908. The van der Waals surface area contributed by atoms with E-state index in [1.165, 1.54) is 0 Å². The summed E-state index contributed by atoms with van der Waals surface area (Å²) in [6.45, 7) is 3.05. The highest BCUT2D eigenvalue weighted by molar-refractivity contribution is 5.96. The molecule has 0 spiro atoms. The fourth-order valence-electron chi connectivity index (χ4n) is 3.26. The highest BCUT2D eigenvalue weighted by Gasteiger charge is 2.30. The molecular weight excluding hydrogens is 314 g/mol. The minimum Gasteiger partial charge on any atom is -0.339 e. The Morgan fingerprint density at radius 2 is 1.76 bits per heavy atom. The molecule has 1 aliphatic heterocycles. The van der Waals surface area contributed by atoms with Crippen molar-refractivity contribution in [1.82, 2.24) is 9.88 Å². The zero-order valence-electron chi connectivity index (χ0n) is 14.7. The van der Waals surface area contributed by atoms with E-state index in [-0.39, 0.29) is 17.7 Å². The van der Waals surface area contributed by atoms with Crippen molar-refractivity contribution >= 4 is 17.5 Å². The van der Waals surface area contributed by atoms with E-state index in [2.05, 4.69) is 4.98 Å². The lowest BCUT2D eigenvalue weighted by Gasteiger charge is -2.33. The lowest BCUT2D eigenvalue weighted by Crippen LogP contribution is -2.43. The van der Waals surface area contributed by atoms with Gasteiger partial charge in [0.25, 0.3) is 5.91 Å². The molecule has 0 radical (unpaired) electrons. The molecule has 1 aliphatic rings. The molecule has 1 saturated heterocycles. The second kappa shape index (κ2) is 7.47. The normalized spacial score (nSPS) is 15.0. The predicted molar refractivity (Wildman–Crippen MR) is 97.5 cm³/mol. The van der Waals surface area contributed by atoms with Gasteiger partial charge in [0.2, 0.25) is 5.91 Å². The Kier molecular flexibility index (Phi) is 5.12. The van der Waals surface area contributed by atoms with Gasteiger partial charge in [-0.05, 0) is 44.0 Å². The molecule has 0 N–H and O–H groups in total. The maximum absolute atomic E-state index is 12.7. The number of hydrogen-bond acceptors (Lipinski definition) is 3. The van der Waals surface area contributed by atoms with Gasteiger partial charge >= 0.3 is 0 Å². The van der Waals surface area contributed by atoms with Crippen LogP contribution in [0.5, 0.6) is 0 Å². The number of rotatable bonds is 3. The third-order valence-electron chi connectivity index (χ3n) is 4.84. The number of likely N-dealkylation sites (tertiary alicyclic amines) is 1. The Morgan fingerprint density at radius 1 is 1.08 bits per heavy atom. The first kappa shape index (κ1) is 17.1. The van der Waals surface area contributed by atoms with Crippen LogP contribution in [0.3, 0.4) is 0 Å². The van der Waals surface area contributed by atoms with Crippen molar-refractivity contribution in [2.75, 3.05) is 25.0 Å². The van der Waals surface area contributed by atoms with Gasteiger partial charge in [0.15, 0.2) is 0 Å². The molecule has 1 fully saturated rings. The number of para-hydroxylation sites is 1. The lowest BCUT2D eigenvalue weighted by molar-refractivity contribution is -0.123. The Bertz CT molecular complexity index is 753. The van der Waals surface area contributed by atoms with E-state index in [1.807, 2.05) is 55.3 Å². The van der Waals surface area contributed by atoms with Gasteiger partial charge < -0.3 is 9.80 Å². The standard InChI is InChI=1S/C20H23N3O2/c1-15-18(9-6-12-21-15)20(25)23-13-10-16(11-14-23)19(24)22(2)17-7-4-3-5-8-17/h3-9,12,16H,10-11,13-14H2,1-2H3. The Labute approximate surface area is 148 Å². The van der Waals surface area contributed by atoms with Crippen LogP contribution in [0.4, 0.5) is 5.69 Å². The van der Waals surface area contributed by atoms with E-state index in [9.17, 15) is 9.59 Å². The van der Waals surface area contributed by atoms with Gasteiger partial charge in [-0.2, -0.15) is 0 Å². The van der Waals surface area contributed by atoms with Crippen LogP contribution < -0.4 is 4.90 Å². The number of benzene rings is 1. The summed E-state index contributed by atoms with van der Waals surface area (Å²) < 4.78 is 0. The van der Waals surface area contributed by atoms with E-state index in [4.69, 9.17) is 0 Å². The van der Waals surface area contributed by atoms with Crippen LogP contribution in [0.25, 0.3) is 0 Å². The van der Waals surface area contributed by atoms with Gasteiger partial charge in [0.1, 0.15) is 0 Å². The molecule has 5 nitrogen and oxygen atoms in total. The molecular formula is C20H23N3O2. The number of pyridine rings is 1. The smallest absolute Gasteiger partial charge is 0.255 e.